The standard InChI is InChI=1S/C42H42N2O9S/c1-26-5-8-28(9-6-26)39-38(33-16-10-29(45)25-36(33)54-39)53-31-13-11-30(12-14-31)52-23-22-51-21-20-50-19-3-2-4-27-7-15-32-34(24-27)42(49)44(41(32)48)35-17-18-37(46)43-40(35)47/h5-6,8-16,24-25,27,35,45H,2-4,7,17-23H2,1H3,(H,43,46,47). The second kappa shape index (κ2) is 16.8. The highest BCUT2D eigenvalue weighted by Crippen LogP contribution is 2.47. The maximum Gasteiger partial charge on any atom is 0.261 e. The number of likely N-dealkylation sites (tertiary alicyclic amines) is 1. The minimum absolute atomic E-state index is 0.101. The summed E-state index contributed by atoms with van der Waals surface area (Å²) in [6.45, 7) is 4.39. The van der Waals surface area contributed by atoms with Gasteiger partial charge in [-0.2, -0.15) is 0 Å². The number of carbonyl (C=O) groups is 4. The Labute approximate surface area is 317 Å². The van der Waals surface area contributed by atoms with Gasteiger partial charge in [-0.25, -0.2) is 0 Å². The Bertz CT molecular complexity index is 2100. The molecule has 4 aromatic rings. The number of allylic oxidation sites excluding steroid dienone is 2. The van der Waals surface area contributed by atoms with Gasteiger partial charge in [0.1, 0.15) is 29.9 Å². The number of imide groups is 2. The highest BCUT2D eigenvalue weighted by molar-refractivity contribution is 7.22. The van der Waals surface area contributed by atoms with E-state index in [0.29, 0.717) is 62.1 Å². The van der Waals surface area contributed by atoms with Crippen LogP contribution in [0.1, 0.15) is 44.1 Å². The van der Waals surface area contributed by atoms with Crippen molar-refractivity contribution < 1.29 is 43.2 Å². The molecule has 2 unspecified atom stereocenters. The van der Waals surface area contributed by atoms with E-state index < -0.39 is 23.8 Å². The monoisotopic (exact) mass is 750 g/mol. The number of hydrogen-bond acceptors (Lipinski definition) is 10. The Morgan fingerprint density at radius 1 is 0.833 bits per heavy atom. The molecule has 4 amide bonds. The number of rotatable bonds is 16. The van der Waals surface area contributed by atoms with Crippen LogP contribution >= 0.6 is 11.3 Å². The molecule has 3 aliphatic rings. The second-order valence-electron chi connectivity index (χ2n) is 13.6. The van der Waals surface area contributed by atoms with Gasteiger partial charge in [0.05, 0.1) is 24.7 Å². The number of thiophene rings is 1. The summed E-state index contributed by atoms with van der Waals surface area (Å²) < 4.78 is 24.6. The molecule has 0 spiro atoms. The minimum Gasteiger partial charge on any atom is -0.508 e. The number of carbonyl (C=O) groups excluding carboxylic acids is 4. The van der Waals surface area contributed by atoms with Crippen molar-refractivity contribution in [3.63, 3.8) is 0 Å². The van der Waals surface area contributed by atoms with E-state index in [2.05, 4.69) is 36.5 Å². The molecule has 7 rings (SSSR count). The van der Waals surface area contributed by atoms with Gasteiger partial charge in [-0.15, -0.1) is 11.3 Å². The van der Waals surface area contributed by atoms with E-state index in [-0.39, 0.29) is 30.4 Å². The Morgan fingerprint density at radius 3 is 2.33 bits per heavy atom. The van der Waals surface area contributed by atoms with Crippen molar-refractivity contribution in [3.8, 4) is 33.4 Å². The number of fused-ring (bicyclic) bond motifs is 2. The first-order valence-corrected chi connectivity index (χ1v) is 19.1. The van der Waals surface area contributed by atoms with Crippen molar-refractivity contribution in [3.05, 3.63) is 95.6 Å². The molecule has 1 aliphatic carbocycles. The molecule has 2 atom stereocenters. The molecule has 54 heavy (non-hydrogen) atoms. The third-order valence-electron chi connectivity index (χ3n) is 9.70. The maximum atomic E-state index is 13.1. The van der Waals surface area contributed by atoms with Crippen LogP contribution in [0.25, 0.3) is 20.5 Å². The SMILES string of the molecule is Cc1ccc(-c2sc3cc(O)ccc3c2Oc2ccc(OCCOCCOCCCCC3C=C4C(=O)N(C5CCC(=O)NC5=O)C(=O)C4=CC3)cc2)cc1. The number of phenols is 1. The van der Waals surface area contributed by atoms with Gasteiger partial charge in [0.15, 0.2) is 5.75 Å². The van der Waals surface area contributed by atoms with E-state index in [1.165, 1.54) is 5.56 Å². The zero-order valence-electron chi connectivity index (χ0n) is 30.0. The lowest BCUT2D eigenvalue weighted by atomic mass is 9.88. The molecular formula is C42H42N2O9S. The van der Waals surface area contributed by atoms with Gasteiger partial charge in [-0.1, -0.05) is 48.4 Å². The summed E-state index contributed by atoms with van der Waals surface area (Å²) in [4.78, 5) is 51.8. The fourth-order valence-corrected chi connectivity index (χ4v) is 8.03. The van der Waals surface area contributed by atoms with Crippen molar-refractivity contribution in [2.24, 2.45) is 5.92 Å². The third-order valence-corrected chi connectivity index (χ3v) is 10.9. The fourth-order valence-electron chi connectivity index (χ4n) is 6.86. The molecule has 3 aromatic carbocycles. The van der Waals surface area contributed by atoms with Gasteiger partial charge in [-0.3, -0.25) is 29.4 Å². The average Bonchev–Trinajstić information content (AvgIpc) is 3.63. The van der Waals surface area contributed by atoms with Crippen LogP contribution in [0.15, 0.2) is 90.0 Å². The van der Waals surface area contributed by atoms with Gasteiger partial charge in [0, 0.05) is 34.3 Å². The van der Waals surface area contributed by atoms with Crippen molar-refractivity contribution in [2.75, 3.05) is 33.0 Å². The lowest BCUT2D eigenvalue weighted by Gasteiger charge is -2.27. The predicted molar refractivity (Wildman–Crippen MR) is 203 cm³/mol. The molecule has 1 aromatic heterocycles. The van der Waals surface area contributed by atoms with E-state index in [1.807, 2.05) is 36.4 Å². The zero-order valence-corrected chi connectivity index (χ0v) is 30.8. The van der Waals surface area contributed by atoms with Crippen molar-refractivity contribution in [1.82, 2.24) is 10.2 Å². The van der Waals surface area contributed by atoms with Gasteiger partial charge < -0.3 is 24.1 Å². The number of hydrogen-bond donors (Lipinski definition) is 2. The van der Waals surface area contributed by atoms with Crippen molar-refractivity contribution >= 4 is 45.1 Å². The first-order chi connectivity index (χ1) is 26.2. The molecule has 11 nitrogen and oxygen atoms in total. The Morgan fingerprint density at radius 2 is 1.56 bits per heavy atom. The highest BCUT2D eigenvalue weighted by atomic mass is 32.1. The second-order valence-corrected chi connectivity index (χ2v) is 14.6. The van der Waals surface area contributed by atoms with Crippen molar-refractivity contribution in [1.29, 1.82) is 0 Å². The molecule has 2 fully saturated rings. The molecule has 3 heterocycles. The van der Waals surface area contributed by atoms with Crippen LogP contribution in [-0.2, 0) is 28.7 Å². The van der Waals surface area contributed by atoms with Gasteiger partial charge in [0.25, 0.3) is 11.8 Å². The van der Waals surface area contributed by atoms with E-state index in [0.717, 1.165) is 50.4 Å². The first kappa shape index (κ1) is 37.0. The molecule has 2 N–H and O–H groups in total. The zero-order chi connectivity index (χ0) is 37.6. The molecule has 2 aliphatic heterocycles. The topological polar surface area (TPSA) is 141 Å². The number of nitrogens with one attached hydrogen (secondary N) is 1. The average molecular weight is 751 g/mol. The summed E-state index contributed by atoms with van der Waals surface area (Å²) in [7, 11) is 0. The van der Waals surface area contributed by atoms with Crippen molar-refractivity contribution in [2.45, 2.75) is 51.5 Å². The highest BCUT2D eigenvalue weighted by Gasteiger charge is 2.47. The summed E-state index contributed by atoms with van der Waals surface area (Å²) in [5.41, 5.74) is 2.96. The Kier molecular flexibility index (Phi) is 11.5. The number of ether oxygens (including phenoxy) is 4. The van der Waals surface area contributed by atoms with Gasteiger partial charge in [0.2, 0.25) is 11.8 Å². The third kappa shape index (κ3) is 8.41. The number of unbranched alkanes of at least 4 members (excludes halogenated alkanes) is 1. The smallest absolute Gasteiger partial charge is 0.261 e. The Balaban J connectivity index is 0.777. The van der Waals surface area contributed by atoms with Gasteiger partial charge >= 0.3 is 0 Å². The van der Waals surface area contributed by atoms with Gasteiger partial charge in [-0.05, 0) is 86.6 Å². The summed E-state index contributed by atoms with van der Waals surface area (Å²) in [6, 6.07) is 20.2. The predicted octanol–water partition coefficient (Wildman–Crippen LogP) is 7.00. The summed E-state index contributed by atoms with van der Waals surface area (Å²) in [6.07, 6.45) is 7.18. The molecule has 12 heteroatoms. The van der Waals surface area contributed by atoms with Crippen LogP contribution in [0.5, 0.6) is 23.0 Å². The number of piperidine rings is 1. The first-order valence-electron chi connectivity index (χ1n) is 18.3. The summed E-state index contributed by atoms with van der Waals surface area (Å²) in [5.74, 6) is 0.582. The largest absolute Gasteiger partial charge is 0.508 e. The molecule has 0 radical (unpaired) electrons. The van der Waals surface area contributed by atoms with E-state index in [1.54, 1.807) is 29.5 Å². The van der Waals surface area contributed by atoms with Crippen LogP contribution in [0.2, 0.25) is 0 Å². The van der Waals surface area contributed by atoms with Crippen LogP contribution in [-0.4, -0.2) is 72.7 Å². The van der Waals surface area contributed by atoms with Crippen LogP contribution in [0.4, 0.5) is 0 Å². The summed E-state index contributed by atoms with van der Waals surface area (Å²) >= 11 is 1.58. The molecule has 0 bridgehead atoms. The van der Waals surface area contributed by atoms with E-state index in [9.17, 15) is 24.3 Å². The van der Waals surface area contributed by atoms with Crippen LogP contribution < -0.4 is 14.8 Å². The lowest BCUT2D eigenvalue weighted by Crippen LogP contribution is -2.54. The number of aromatic hydroxyl groups is 1. The Hall–Kier alpha value is -5.30. The summed E-state index contributed by atoms with van der Waals surface area (Å²) in [5, 5.41) is 13.2. The number of aryl methyl sites for hydroxylation is 1. The molecule has 2 saturated heterocycles. The van der Waals surface area contributed by atoms with E-state index >= 15 is 0 Å². The normalized spacial score (nSPS) is 18.4. The fraction of sp³-hybridized carbons (Fsp3) is 0.333. The molecule has 0 saturated carbocycles. The van der Waals surface area contributed by atoms with E-state index in [4.69, 9.17) is 18.9 Å². The number of nitrogens with zero attached hydrogens (tertiary/aromatic N) is 1. The number of benzene rings is 3. The van der Waals surface area contributed by atoms with Crippen LogP contribution in [0, 0.1) is 12.8 Å². The number of phenolic OH excluding ortho intramolecular Hbond substituents is 1. The maximum absolute atomic E-state index is 13.1. The lowest BCUT2D eigenvalue weighted by molar-refractivity contribution is -0.149. The molecule has 280 valence electrons. The quantitative estimate of drug-likeness (QED) is 0.0915. The number of amides is 4. The molecular weight excluding hydrogens is 709 g/mol. The van der Waals surface area contributed by atoms with Crippen LogP contribution in [0.3, 0.4) is 0 Å². The minimum atomic E-state index is -0.947.